The van der Waals surface area contributed by atoms with Gasteiger partial charge in [-0.1, -0.05) is 0 Å². The van der Waals surface area contributed by atoms with Crippen LogP contribution in [0.15, 0.2) is 24.4 Å². The normalized spacial score (nSPS) is 17.0. The van der Waals surface area contributed by atoms with Gasteiger partial charge in [0.05, 0.1) is 19.8 Å². The second-order valence-corrected chi connectivity index (χ2v) is 9.27. The number of nitrogens with zero attached hydrogens (tertiary/aromatic N) is 5. The first-order valence-corrected chi connectivity index (χ1v) is 11.7. The smallest absolute Gasteiger partial charge is 0.381 e. The number of amides is 2. The molecule has 0 unspecified atom stereocenters. The van der Waals surface area contributed by atoms with Crippen LogP contribution >= 0.6 is 0 Å². The van der Waals surface area contributed by atoms with Crippen molar-refractivity contribution in [2.24, 2.45) is 5.41 Å². The molecule has 0 aliphatic carbocycles. The Kier molecular flexibility index (Phi) is 6.95. The number of ether oxygens (including phenoxy) is 2. The Morgan fingerprint density at radius 3 is 2.40 bits per heavy atom. The van der Waals surface area contributed by atoms with Crippen LogP contribution in [0.4, 0.5) is 5.82 Å². The van der Waals surface area contributed by atoms with Gasteiger partial charge in [0.15, 0.2) is 0 Å². The molecule has 2 amide bonds. The summed E-state index contributed by atoms with van der Waals surface area (Å²) in [7, 11) is 3.11. The molecule has 2 saturated heterocycles. The van der Waals surface area contributed by atoms with Crippen molar-refractivity contribution in [2.45, 2.75) is 39.2 Å². The Balaban J connectivity index is 1.32. The molecule has 35 heavy (non-hydrogen) atoms. The fraction of sp³-hybridized carbons (Fsp3) is 0.542. The number of benzene rings is 1. The topological polar surface area (TPSA) is 120 Å². The van der Waals surface area contributed by atoms with Gasteiger partial charge in [-0.25, -0.2) is 0 Å². The lowest BCUT2D eigenvalue weighted by molar-refractivity contribution is -0.389. The van der Waals surface area contributed by atoms with E-state index in [2.05, 4.69) is 4.98 Å². The predicted octanol–water partition coefficient (Wildman–Crippen LogP) is 2.66. The van der Waals surface area contributed by atoms with Gasteiger partial charge >= 0.3 is 5.82 Å². The number of carbonyl (C=O) groups is 2. The highest BCUT2D eigenvalue weighted by Crippen LogP contribution is 2.41. The summed E-state index contributed by atoms with van der Waals surface area (Å²) in [5.41, 5.74) is 0.510. The first kappa shape index (κ1) is 24.5. The van der Waals surface area contributed by atoms with Crippen molar-refractivity contribution >= 4 is 17.6 Å². The molecule has 2 aliphatic rings. The number of nitro groups is 1. The van der Waals surface area contributed by atoms with Crippen molar-refractivity contribution < 1.29 is 24.0 Å². The summed E-state index contributed by atoms with van der Waals surface area (Å²) in [5, 5.41) is 10.9. The Morgan fingerprint density at radius 2 is 1.80 bits per heavy atom. The van der Waals surface area contributed by atoms with Crippen molar-refractivity contribution in [1.29, 1.82) is 0 Å². The second kappa shape index (κ2) is 9.93. The quantitative estimate of drug-likeness (QED) is 0.437. The maximum atomic E-state index is 13.2. The number of imidazole rings is 1. The molecule has 0 radical (unpaired) electrons. The van der Waals surface area contributed by atoms with Crippen LogP contribution in [0, 0.1) is 22.5 Å². The first-order chi connectivity index (χ1) is 16.7. The van der Waals surface area contributed by atoms with Gasteiger partial charge in [0.1, 0.15) is 17.7 Å². The van der Waals surface area contributed by atoms with E-state index in [4.69, 9.17) is 9.47 Å². The second-order valence-electron chi connectivity index (χ2n) is 9.27. The summed E-state index contributed by atoms with van der Waals surface area (Å²) < 4.78 is 12.3. The van der Waals surface area contributed by atoms with Crippen LogP contribution in [-0.2, 0) is 11.3 Å². The Bertz CT molecular complexity index is 1120. The van der Waals surface area contributed by atoms with Gasteiger partial charge in [0.2, 0.25) is 11.7 Å². The van der Waals surface area contributed by atoms with Crippen molar-refractivity contribution in [2.75, 3.05) is 40.4 Å². The van der Waals surface area contributed by atoms with E-state index in [-0.39, 0.29) is 29.5 Å². The highest BCUT2D eigenvalue weighted by Gasteiger charge is 2.43. The minimum atomic E-state index is -0.531. The summed E-state index contributed by atoms with van der Waals surface area (Å²) in [4.78, 5) is 44.1. The SMILES string of the molecule is COc1ccc(OC)c(C(=O)N2CCC3(CCN(C(=O)CCn4cc([N+](=O)[O-])nc4C)C3)CC2)c1. The van der Waals surface area contributed by atoms with Crippen LogP contribution in [0.5, 0.6) is 11.5 Å². The van der Waals surface area contributed by atoms with E-state index >= 15 is 0 Å². The zero-order valence-corrected chi connectivity index (χ0v) is 20.4. The van der Waals surface area contributed by atoms with E-state index < -0.39 is 4.92 Å². The highest BCUT2D eigenvalue weighted by atomic mass is 16.6. The molecule has 2 aromatic rings. The van der Waals surface area contributed by atoms with Gasteiger partial charge in [-0.2, -0.15) is 0 Å². The molecular weight excluding hydrogens is 454 g/mol. The first-order valence-electron chi connectivity index (χ1n) is 11.7. The lowest BCUT2D eigenvalue weighted by atomic mass is 9.77. The van der Waals surface area contributed by atoms with Gasteiger partial charge in [-0.3, -0.25) is 9.59 Å². The minimum Gasteiger partial charge on any atom is -0.497 e. The molecule has 11 heteroatoms. The standard InChI is InChI=1S/C24H31N5O6/c1-17-25-21(29(32)33)15-27(17)10-6-22(30)28-13-9-24(16-28)7-11-26(12-8-24)23(31)19-14-18(34-2)4-5-20(19)35-3/h4-5,14-15H,6-13,16H2,1-3H3. The van der Waals surface area contributed by atoms with E-state index in [0.717, 1.165) is 19.3 Å². The van der Waals surface area contributed by atoms with Crippen LogP contribution < -0.4 is 9.47 Å². The number of aromatic nitrogens is 2. The molecule has 1 aromatic carbocycles. The third kappa shape index (κ3) is 5.08. The number of aryl methyl sites for hydroxylation is 2. The molecule has 2 fully saturated rings. The van der Waals surface area contributed by atoms with Crippen LogP contribution in [-0.4, -0.2) is 76.5 Å². The molecule has 0 atom stereocenters. The molecule has 1 spiro atoms. The summed E-state index contributed by atoms with van der Waals surface area (Å²) in [6.45, 7) is 4.68. The monoisotopic (exact) mass is 485 g/mol. The van der Waals surface area contributed by atoms with Crippen LogP contribution in [0.25, 0.3) is 0 Å². The molecule has 2 aliphatic heterocycles. The molecule has 11 nitrogen and oxygen atoms in total. The van der Waals surface area contributed by atoms with E-state index in [1.54, 1.807) is 43.9 Å². The number of hydrogen-bond acceptors (Lipinski definition) is 7. The third-order valence-electron chi connectivity index (χ3n) is 7.26. The predicted molar refractivity (Wildman–Crippen MR) is 127 cm³/mol. The third-order valence-corrected chi connectivity index (χ3v) is 7.26. The van der Waals surface area contributed by atoms with Gasteiger partial charge in [0, 0.05) is 46.1 Å². The largest absolute Gasteiger partial charge is 0.497 e. The molecule has 0 N–H and O–H groups in total. The van der Waals surface area contributed by atoms with Crippen molar-refractivity contribution in [3.05, 3.63) is 45.9 Å². The maximum absolute atomic E-state index is 13.2. The van der Waals surface area contributed by atoms with Crippen molar-refractivity contribution in [3.63, 3.8) is 0 Å². The Morgan fingerprint density at radius 1 is 1.11 bits per heavy atom. The zero-order valence-electron chi connectivity index (χ0n) is 20.4. The molecule has 4 rings (SSSR count). The van der Waals surface area contributed by atoms with Gasteiger partial charge in [-0.15, -0.1) is 0 Å². The van der Waals surface area contributed by atoms with E-state index in [0.29, 0.717) is 55.6 Å². The van der Waals surface area contributed by atoms with Crippen LogP contribution in [0.2, 0.25) is 0 Å². The van der Waals surface area contributed by atoms with Crippen LogP contribution in [0.3, 0.4) is 0 Å². The molecule has 1 aromatic heterocycles. The number of likely N-dealkylation sites (tertiary alicyclic amines) is 2. The fourth-order valence-electron chi connectivity index (χ4n) is 5.07. The van der Waals surface area contributed by atoms with Gasteiger partial charge in [-0.05, 0) is 52.8 Å². The van der Waals surface area contributed by atoms with Gasteiger partial charge in [0.25, 0.3) is 5.91 Å². The van der Waals surface area contributed by atoms with Gasteiger partial charge < -0.3 is 34.0 Å². The summed E-state index contributed by atoms with van der Waals surface area (Å²) in [6, 6.07) is 5.21. The Labute approximate surface area is 203 Å². The van der Waals surface area contributed by atoms with E-state index in [1.165, 1.54) is 6.20 Å². The van der Waals surface area contributed by atoms with Crippen LogP contribution in [0.1, 0.15) is 41.9 Å². The minimum absolute atomic E-state index is 0.0224. The van der Waals surface area contributed by atoms with E-state index in [1.807, 2.05) is 9.80 Å². The zero-order chi connectivity index (χ0) is 25.2. The number of methoxy groups -OCH3 is 2. The van der Waals surface area contributed by atoms with Crippen molar-refractivity contribution in [1.82, 2.24) is 19.4 Å². The van der Waals surface area contributed by atoms with Crippen molar-refractivity contribution in [3.8, 4) is 11.5 Å². The van der Waals surface area contributed by atoms with E-state index in [9.17, 15) is 19.7 Å². The highest BCUT2D eigenvalue weighted by molar-refractivity contribution is 5.97. The molecule has 3 heterocycles. The summed E-state index contributed by atoms with van der Waals surface area (Å²) in [6.07, 6.45) is 4.23. The fourth-order valence-corrected chi connectivity index (χ4v) is 5.07. The lowest BCUT2D eigenvalue weighted by Gasteiger charge is -2.39. The molecule has 188 valence electrons. The molecular formula is C24H31N5O6. The summed E-state index contributed by atoms with van der Waals surface area (Å²) >= 11 is 0. The number of carbonyl (C=O) groups excluding carboxylic acids is 2. The lowest BCUT2D eigenvalue weighted by Crippen LogP contribution is -2.44. The average Bonchev–Trinajstić information content (AvgIpc) is 3.46. The Hall–Kier alpha value is -3.63. The molecule has 0 bridgehead atoms. The average molecular weight is 486 g/mol. The maximum Gasteiger partial charge on any atom is 0.381 e. The molecule has 0 saturated carbocycles. The number of rotatable bonds is 7. The number of hydrogen-bond donors (Lipinski definition) is 0. The summed E-state index contributed by atoms with van der Waals surface area (Å²) in [5.74, 6) is 1.40. The number of piperidine rings is 1.